The van der Waals surface area contributed by atoms with Crippen LogP contribution in [0.4, 0.5) is 0 Å². The topological polar surface area (TPSA) is 60.9 Å². The lowest BCUT2D eigenvalue weighted by Crippen LogP contribution is -2.48. The van der Waals surface area contributed by atoms with Crippen LogP contribution in [-0.4, -0.2) is 58.5 Å². The molecule has 3 aliphatic rings. The number of amides is 1. The first-order chi connectivity index (χ1) is 9.66. The second-order valence-corrected chi connectivity index (χ2v) is 6.46. The van der Waals surface area contributed by atoms with Crippen LogP contribution in [0.1, 0.15) is 44.9 Å². The molecule has 3 rings (SSSR count). The van der Waals surface area contributed by atoms with Crippen LogP contribution in [0.5, 0.6) is 0 Å². The first kappa shape index (κ1) is 13.9. The van der Waals surface area contributed by atoms with E-state index >= 15 is 0 Å². The zero-order valence-corrected chi connectivity index (χ0v) is 12.0. The number of likely N-dealkylation sites (tertiary alicyclic amines) is 2. The summed E-state index contributed by atoms with van der Waals surface area (Å²) in [6.07, 6.45) is 7.46. The van der Waals surface area contributed by atoms with Gasteiger partial charge in [0.25, 0.3) is 0 Å². The SMILES string of the molecule is O=C(O)C1CC2CCCCC2N1CC(=O)N1CCCC1. The largest absolute Gasteiger partial charge is 0.480 e. The lowest BCUT2D eigenvalue weighted by Gasteiger charge is -2.33. The summed E-state index contributed by atoms with van der Waals surface area (Å²) in [5.74, 6) is -0.148. The van der Waals surface area contributed by atoms with Crippen molar-refractivity contribution in [2.45, 2.75) is 57.0 Å². The van der Waals surface area contributed by atoms with E-state index in [9.17, 15) is 14.7 Å². The average Bonchev–Trinajstić information content (AvgIpc) is 3.06. The van der Waals surface area contributed by atoms with Gasteiger partial charge < -0.3 is 10.0 Å². The number of rotatable bonds is 3. The summed E-state index contributed by atoms with van der Waals surface area (Å²) in [6, 6.07) is -0.133. The van der Waals surface area contributed by atoms with Crippen LogP contribution in [-0.2, 0) is 9.59 Å². The highest BCUT2D eigenvalue weighted by Crippen LogP contribution is 2.39. The molecular weight excluding hydrogens is 256 g/mol. The number of hydrogen-bond donors (Lipinski definition) is 1. The molecule has 0 bridgehead atoms. The molecule has 5 heteroatoms. The molecule has 20 heavy (non-hydrogen) atoms. The summed E-state index contributed by atoms with van der Waals surface area (Å²) < 4.78 is 0. The number of nitrogens with zero attached hydrogens (tertiary/aromatic N) is 2. The van der Waals surface area contributed by atoms with Crippen molar-refractivity contribution in [3.63, 3.8) is 0 Å². The number of carboxylic acid groups (broad SMARTS) is 1. The van der Waals surface area contributed by atoms with E-state index in [1.807, 2.05) is 9.80 Å². The minimum atomic E-state index is -0.756. The van der Waals surface area contributed by atoms with Crippen molar-refractivity contribution in [3.05, 3.63) is 0 Å². The lowest BCUT2D eigenvalue weighted by molar-refractivity contribution is -0.144. The summed E-state index contributed by atoms with van der Waals surface area (Å²) in [5.41, 5.74) is 0. The zero-order valence-electron chi connectivity index (χ0n) is 12.0. The molecule has 0 spiro atoms. The third kappa shape index (κ3) is 2.55. The van der Waals surface area contributed by atoms with E-state index in [4.69, 9.17) is 0 Å². The zero-order chi connectivity index (χ0) is 14.1. The van der Waals surface area contributed by atoms with Crippen LogP contribution >= 0.6 is 0 Å². The molecule has 0 aromatic rings. The second kappa shape index (κ2) is 5.72. The molecule has 2 saturated heterocycles. The fourth-order valence-corrected chi connectivity index (χ4v) is 4.25. The minimum Gasteiger partial charge on any atom is -0.480 e. The van der Waals surface area contributed by atoms with Crippen molar-refractivity contribution < 1.29 is 14.7 Å². The smallest absolute Gasteiger partial charge is 0.320 e. The number of hydrogen-bond acceptors (Lipinski definition) is 3. The second-order valence-electron chi connectivity index (χ2n) is 6.46. The van der Waals surface area contributed by atoms with Crippen LogP contribution in [0.2, 0.25) is 0 Å². The molecule has 1 amide bonds. The molecule has 0 aromatic heterocycles. The predicted octanol–water partition coefficient (Wildman–Crippen LogP) is 1.33. The Morgan fingerprint density at radius 2 is 1.75 bits per heavy atom. The first-order valence-corrected chi connectivity index (χ1v) is 7.93. The Labute approximate surface area is 119 Å². The molecule has 2 heterocycles. The van der Waals surface area contributed by atoms with Crippen molar-refractivity contribution in [3.8, 4) is 0 Å². The van der Waals surface area contributed by atoms with Gasteiger partial charge in [-0.2, -0.15) is 0 Å². The van der Waals surface area contributed by atoms with E-state index in [-0.39, 0.29) is 5.91 Å². The summed E-state index contributed by atoms with van der Waals surface area (Å²) in [5, 5.41) is 9.44. The summed E-state index contributed by atoms with van der Waals surface area (Å²) in [4.78, 5) is 27.7. The van der Waals surface area contributed by atoms with Gasteiger partial charge in [0.15, 0.2) is 0 Å². The normalized spacial score (nSPS) is 34.2. The Hall–Kier alpha value is -1.10. The van der Waals surface area contributed by atoms with Crippen molar-refractivity contribution in [2.24, 2.45) is 5.92 Å². The van der Waals surface area contributed by atoms with Gasteiger partial charge in [-0.05, 0) is 38.0 Å². The molecule has 112 valence electrons. The molecule has 3 fully saturated rings. The van der Waals surface area contributed by atoms with Gasteiger partial charge in [0.2, 0.25) is 5.91 Å². The number of carbonyl (C=O) groups is 2. The Kier molecular flexibility index (Phi) is 3.96. The van der Waals surface area contributed by atoms with Gasteiger partial charge >= 0.3 is 5.97 Å². The van der Waals surface area contributed by atoms with Crippen LogP contribution in [0.3, 0.4) is 0 Å². The number of aliphatic carboxylic acids is 1. The Morgan fingerprint density at radius 1 is 1.05 bits per heavy atom. The molecule has 3 atom stereocenters. The van der Waals surface area contributed by atoms with Crippen molar-refractivity contribution in [2.75, 3.05) is 19.6 Å². The molecule has 1 N–H and O–H groups in total. The van der Waals surface area contributed by atoms with Crippen molar-refractivity contribution in [1.82, 2.24) is 9.80 Å². The maximum Gasteiger partial charge on any atom is 0.320 e. The van der Waals surface area contributed by atoms with E-state index < -0.39 is 12.0 Å². The Morgan fingerprint density at radius 3 is 2.45 bits per heavy atom. The highest BCUT2D eigenvalue weighted by molar-refractivity contribution is 5.80. The van der Waals surface area contributed by atoms with Crippen LogP contribution in [0, 0.1) is 5.92 Å². The van der Waals surface area contributed by atoms with E-state index in [1.165, 1.54) is 12.8 Å². The van der Waals surface area contributed by atoms with Crippen molar-refractivity contribution >= 4 is 11.9 Å². The molecular formula is C15H24N2O3. The lowest BCUT2D eigenvalue weighted by atomic mass is 9.85. The number of carboxylic acids is 1. The van der Waals surface area contributed by atoms with Gasteiger partial charge in [-0.25, -0.2) is 0 Å². The highest BCUT2D eigenvalue weighted by Gasteiger charge is 2.46. The van der Waals surface area contributed by atoms with Crippen molar-refractivity contribution in [1.29, 1.82) is 0 Å². The molecule has 5 nitrogen and oxygen atoms in total. The number of fused-ring (bicyclic) bond motifs is 1. The molecule has 1 saturated carbocycles. The Bertz CT molecular complexity index is 393. The highest BCUT2D eigenvalue weighted by atomic mass is 16.4. The standard InChI is InChI=1S/C15H24N2O3/c18-14(16-7-3-4-8-16)10-17-12-6-2-1-5-11(12)9-13(17)15(19)20/h11-13H,1-10H2,(H,19,20). The van der Waals surface area contributed by atoms with Gasteiger partial charge in [0.05, 0.1) is 6.54 Å². The van der Waals surface area contributed by atoms with Gasteiger partial charge in [-0.3, -0.25) is 14.5 Å². The molecule has 3 unspecified atom stereocenters. The summed E-state index contributed by atoms with van der Waals surface area (Å²) in [6.45, 7) is 2.00. The van der Waals surface area contributed by atoms with Gasteiger partial charge in [-0.1, -0.05) is 12.8 Å². The summed E-state index contributed by atoms with van der Waals surface area (Å²) in [7, 11) is 0. The Balaban J connectivity index is 1.70. The molecule has 0 radical (unpaired) electrons. The third-order valence-corrected chi connectivity index (χ3v) is 5.28. The fourth-order valence-electron chi connectivity index (χ4n) is 4.25. The van der Waals surface area contributed by atoms with E-state index in [2.05, 4.69) is 0 Å². The monoisotopic (exact) mass is 280 g/mol. The maximum absolute atomic E-state index is 12.3. The van der Waals surface area contributed by atoms with Crippen LogP contribution in [0.15, 0.2) is 0 Å². The molecule has 2 aliphatic heterocycles. The van der Waals surface area contributed by atoms with E-state index in [0.717, 1.165) is 45.2 Å². The van der Waals surface area contributed by atoms with E-state index in [0.29, 0.717) is 18.5 Å². The van der Waals surface area contributed by atoms with Crippen LogP contribution in [0.25, 0.3) is 0 Å². The summed E-state index contributed by atoms with van der Waals surface area (Å²) >= 11 is 0. The average molecular weight is 280 g/mol. The number of carbonyl (C=O) groups excluding carboxylic acids is 1. The van der Waals surface area contributed by atoms with Crippen LogP contribution < -0.4 is 0 Å². The molecule has 1 aliphatic carbocycles. The molecule has 0 aromatic carbocycles. The van der Waals surface area contributed by atoms with Gasteiger partial charge in [0, 0.05) is 19.1 Å². The van der Waals surface area contributed by atoms with E-state index in [1.54, 1.807) is 0 Å². The first-order valence-electron chi connectivity index (χ1n) is 7.93. The quantitative estimate of drug-likeness (QED) is 0.847. The van der Waals surface area contributed by atoms with Gasteiger partial charge in [-0.15, -0.1) is 0 Å². The maximum atomic E-state index is 12.3. The minimum absolute atomic E-state index is 0.125. The third-order valence-electron chi connectivity index (χ3n) is 5.28. The fraction of sp³-hybridized carbons (Fsp3) is 0.867. The predicted molar refractivity (Wildman–Crippen MR) is 74.3 cm³/mol. The van der Waals surface area contributed by atoms with Gasteiger partial charge in [0.1, 0.15) is 6.04 Å².